The molecule has 0 saturated carbocycles. The van der Waals surface area contributed by atoms with Crippen molar-refractivity contribution in [1.29, 1.82) is 0 Å². The number of halogens is 1. The number of amides is 2. The number of thiazole rings is 1. The van der Waals surface area contributed by atoms with Crippen molar-refractivity contribution in [3.05, 3.63) is 46.1 Å². The Morgan fingerprint density at radius 3 is 3.03 bits per heavy atom. The lowest BCUT2D eigenvalue weighted by Crippen LogP contribution is -2.72. The third kappa shape index (κ3) is 5.41. The van der Waals surface area contributed by atoms with E-state index in [1.165, 1.54) is 33.8 Å². The van der Waals surface area contributed by atoms with E-state index in [1.807, 2.05) is 36.0 Å². The number of nitrogens with one attached hydrogen (secondary N) is 1. The molecule has 4 N–H and O–H groups in total. The van der Waals surface area contributed by atoms with Crippen LogP contribution in [0.3, 0.4) is 0 Å². The summed E-state index contributed by atoms with van der Waals surface area (Å²) in [6, 6.07) is 4.26. The van der Waals surface area contributed by atoms with Crippen molar-refractivity contribution in [2.75, 3.05) is 17.2 Å². The first-order valence-electron chi connectivity index (χ1n) is 10.1. The van der Waals surface area contributed by atoms with E-state index >= 15 is 0 Å². The van der Waals surface area contributed by atoms with Gasteiger partial charge in [0.1, 0.15) is 30.7 Å². The van der Waals surface area contributed by atoms with E-state index in [9.17, 15) is 23.9 Å². The Balaban J connectivity index is 1.36. The average Bonchev–Trinajstić information content (AvgIpc) is 3.27. The summed E-state index contributed by atoms with van der Waals surface area (Å²) in [7, 11) is 1.89. The van der Waals surface area contributed by atoms with Crippen LogP contribution in [0.1, 0.15) is 12.1 Å². The molecule has 2 aromatic heterocycles. The van der Waals surface area contributed by atoms with E-state index in [4.69, 9.17) is 5.73 Å². The quantitative estimate of drug-likeness (QED) is 0.140. The van der Waals surface area contributed by atoms with Crippen LogP contribution in [-0.2, 0) is 26.3 Å². The standard InChI is InChI=1S/C20H19FN6O5S3/c1-26-5-3-2-4-14(26)34-9-12-16(19(30)31)27-11(8-33-12)15(18(27)29)25-13(28)6-23-32-17(21)10-7-35-20(22)24-10/h2-7,11,15,17H,8-9H2,1H3,(H3-,22,24,25,28,30,31)/p+1. The van der Waals surface area contributed by atoms with Crippen LogP contribution in [-0.4, -0.2) is 62.6 Å². The van der Waals surface area contributed by atoms with Gasteiger partial charge in [0.25, 0.3) is 11.8 Å². The smallest absolute Gasteiger partial charge is 0.353 e. The topological polar surface area (TPSA) is 151 Å². The predicted octanol–water partition coefficient (Wildman–Crippen LogP) is 1.05. The molecule has 0 spiro atoms. The second-order valence-electron chi connectivity index (χ2n) is 7.35. The molecule has 35 heavy (non-hydrogen) atoms. The van der Waals surface area contributed by atoms with Crippen molar-refractivity contribution in [2.24, 2.45) is 12.2 Å². The first kappa shape index (κ1) is 24.9. The number of nitrogens with zero attached hydrogens (tertiary/aromatic N) is 4. The van der Waals surface area contributed by atoms with Gasteiger partial charge in [0, 0.05) is 33.9 Å². The highest BCUT2D eigenvalue weighted by Crippen LogP contribution is 2.40. The molecule has 4 heterocycles. The van der Waals surface area contributed by atoms with E-state index in [-0.39, 0.29) is 16.5 Å². The Kier molecular flexibility index (Phi) is 7.57. The lowest BCUT2D eigenvalue weighted by atomic mass is 9.94. The van der Waals surface area contributed by atoms with Crippen molar-refractivity contribution in [1.82, 2.24) is 15.2 Å². The number of oxime groups is 1. The Labute approximate surface area is 211 Å². The molecule has 1 fully saturated rings. The van der Waals surface area contributed by atoms with Gasteiger partial charge in [-0.25, -0.2) is 9.78 Å². The second kappa shape index (κ2) is 10.6. The number of carboxylic acid groups (broad SMARTS) is 1. The molecule has 3 atom stereocenters. The Bertz CT molecular complexity index is 1220. The molecular weight excluding hydrogens is 519 g/mol. The Morgan fingerprint density at radius 2 is 2.34 bits per heavy atom. The summed E-state index contributed by atoms with van der Waals surface area (Å²) in [5.74, 6) is -1.73. The van der Waals surface area contributed by atoms with Crippen molar-refractivity contribution in [3.63, 3.8) is 0 Å². The number of carbonyl (C=O) groups is 3. The molecule has 2 aliphatic rings. The van der Waals surface area contributed by atoms with Crippen molar-refractivity contribution < 1.29 is 33.3 Å². The van der Waals surface area contributed by atoms with Gasteiger partial charge in [0.15, 0.2) is 11.3 Å². The highest BCUT2D eigenvalue weighted by Gasteiger charge is 2.53. The van der Waals surface area contributed by atoms with E-state index in [1.54, 1.807) is 0 Å². The highest BCUT2D eigenvalue weighted by molar-refractivity contribution is 8.06. The second-order valence-corrected chi connectivity index (χ2v) is 10.4. The first-order chi connectivity index (χ1) is 16.8. The van der Waals surface area contributed by atoms with Crippen LogP contribution in [0.15, 0.2) is 50.6 Å². The van der Waals surface area contributed by atoms with Crippen molar-refractivity contribution >= 4 is 64.0 Å². The molecule has 15 heteroatoms. The minimum absolute atomic E-state index is 0.0722. The summed E-state index contributed by atoms with van der Waals surface area (Å²) >= 11 is 3.84. The summed E-state index contributed by atoms with van der Waals surface area (Å²) in [6.07, 6.45) is 0.590. The molecule has 0 radical (unpaired) electrons. The van der Waals surface area contributed by atoms with Gasteiger partial charge in [0.2, 0.25) is 5.03 Å². The van der Waals surface area contributed by atoms with E-state index < -0.39 is 36.2 Å². The number of alkyl halides is 1. The van der Waals surface area contributed by atoms with Crippen LogP contribution in [0, 0.1) is 0 Å². The average molecular weight is 540 g/mol. The summed E-state index contributed by atoms with van der Waals surface area (Å²) in [5, 5.41) is 18.0. The number of nitrogens with two attached hydrogens (primary N) is 1. The third-order valence-electron chi connectivity index (χ3n) is 5.11. The van der Waals surface area contributed by atoms with Crippen LogP contribution in [0.25, 0.3) is 0 Å². The summed E-state index contributed by atoms with van der Waals surface area (Å²) < 4.78 is 15.8. The molecule has 1 saturated heterocycles. The number of carbonyl (C=O) groups excluding carboxylic acids is 2. The predicted molar refractivity (Wildman–Crippen MR) is 128 cm³/mol. The fraction of sp³-hybridized carbons (Fsp3) is 0.300. The van der Waals surface area contributed by atoms with Crippen LogP contribution < -0.4 is 15.6 Å². The van der Waals surface area contributed by atoms with Crippen molar-refractivity contribution in [2.45, 2.75) is 23.5 Å². The molecule has 0 bridgehead atoms. The molecule has 0 aromatic carbocycles. The number of carboxylic acids is 1. The number of thioether (sulfide) groups is 2. The Hall–Kier alpha value is -3.17. The zero-order chi connectivity index (χ0) is 25.1. The molecule has 2 aromatic rings. The molecule has 3 unspecified atom stereocenters. The number of β-lactam (4-membered cyclic amide) rings is 1. The Morgan fingerprint density at radius 1 is 1.54 bits per heavy atom. The molecule has 11 nitrogen and oxygen atoms in total. The molecule has 4 rings (SSSR count). The maximum atomic E-state index is 13.9. The molecule has 2 amide bonds. The third-order valence-corrected chi connectivity index (χ3v) is 8.33. The van der Waals surface area contributed by atoms with Gasteiger partial charge >= 0.3 is 12.3 Å². The summed E-state index contributed by atoms with van der Waals surface area (Å²) in [5.41, 5.74) is 5.28. The fourth-order valence-corrected chi connectivity index (χ4v) is 6.41. The number of fused-ring (bicyclic) bond motifs is 1. The number of anilines is 1. The molecule has 184 valence electrons. The van der Waals surface area contributed by atoms with Crippen molar-refractivity contribution in [3.8, 4) is 0 Å². The van der Waals surface area contributed by atoms with Crippen LogP contribution >= 0.6 is 34.9 Å². The molecule has 2 aliphatic heterocycles. The normalized spacial score (nSPS) is 20.4. The number of aromatic nitrogens is 2. The van der Waals surface area contributed by atoms with Gasteiger partial charge in [-0.15, -0.1) is 23.1 Å². The largest absolute Gasteiger partial charge is 0.477 e. The fourth-order valence-electron chi connectivity index (χ4n) is 3.45. The van der Waals surface area contributed by atoms with Gasteiger partial charge in [-0.2, -0.15) is 8.96 Å². The maximum absolute atomic E-state index is 13.9. The molecule has 0 aliphatic carbocycles. The highest BCUT2D eigenvalue weighted by atomic mass is 32.2. The first-order valence-corrected chi connectivity index (χ1v) is 13.0. The van der Waals surface area contributed by atoms with Crippen LogP contribution in [0.2, 0.25) is 0 Å². The number of aliphatic carboxylic acids is 1. The maximum Gasteiger partial charge on any atom is 0.353 e. The van der Waals surface area contributed by atoms with Gasteiger partial charge < -0.3 is 21.0 Å². The summed E-state index contributed by atoms with van der Waals surface area (Å²) in [4.78, 5) is 46.9. The van der Waals surface area contributed by atoms with Crippen LogP contribution in [0.5, 0.6) is 0 Å². The van der Waals surface area contributed by atoms with Crippen LogP contribution in [0.4, 0.5) is 9.52 Å². The van der Waals surface area contributed by atoms with Gasteiger partial charge in [-0.05, 0) is 6.07 Å². The number of aryl methyl sites for hydroxylation is 1. The monoisotopic (exact) mass is 539 g/mol. The SMILES string of the molecule is C[n+]1ccccc1SCC1=C(C(=O)O)N2C(=O)C(NC(=O)C=NOC(F)c3csc(N)n3)C2CS1. The molecular formula is C20H20FN6O5S3+. The van der Waals surface area contributed by atoms with Gasteiger partial charge in [-0.1, -0.05) is 16.9 Å². The van der Waals surface area contributed by atoms with Gasteiger partial charge in [-0.3, -0.25) is 14.5 Å². The lowest BCUT2D eigenvalue weighted by molar-refractivity contribution is -0.708. The number of hydrogen-bond acceptors (Lipinski definition) is 10. The number of rotatable bonds is 9. The van der Waals surface area contributed by atoms with E-state index in [0.29, 0.717) is 22.6 Å². The summed E-state index contributed by atoms with van der Waals surface area (Å²) in [6.45, 7) is 0. The zero-order valence-electron chi connectivity index (χ0n) is 18.2. The number of nitrogen functional groups attached to an aromatic ring is 1. The minimum Gasteiger partial charge on any atom is -0.477 e. The number of pyridine rings is 1. The number of hydrogen-bond donors (Lipinski definition) is 3. The lowest BCUT2D eigenvalue weighted by Gasteiger charge is -2.49. The van der Waals surface area contributed by atoms with E-state index in [2.05, 4.69) is 20.3 Å². The van der Waals surface area contributed by atoms with Gasteiger partial charge in [0.05, 0.1) is 6.04 Å². The minimum atomic E-state index is -2.00. The zero-order valence-corrected chi connectivity index (χ0v) is 20.6. The van der Waals surface area contributed by atoms with E-state index in [0.717, 1.165) is 16.4 Å².